The van der Waals surface area contributed by atoms with Crippen molar-refractivity contribution in [2.75, 3.05) is 13.7 Å². The van der Waals surface area contributed by atoms with E-state index >= 15 is 0 Å². The molecule has 1 aliphatic heterocycles. The fraction of sp³-hybridized carbons (Fsp3) is 0.533. The topological polar surface area (TPSA) is 38.3 Å². The lowest BCUT2D eigenvalue weighted by Crippen LogP contribution is -2.38. The Bertz CT molecular complexity index is 492. The SMILES string of the molecule is COc1cc(C)c2c(c1C)C(=O)NCC2C(C)C. The minimum absolute atomic E-state index is 0.0291. The molecule has 2 rings (SSSR count). The average Bonchev–Trinajstić information content (AvgIpc) is 2.33. The Morgan fingerprint density at radius 2 is 2.06 bits per heavy atom. The van der Waals surface area contributed by atoms with Crippen molar-refractivity contribution in [1.29, 1.82) is 0 Å². The molecule has 0 aliphatic carbocycles. The van der Waals surface area contributed by atoms with E-state index in [2.05, 4.69) is 26.1 Å². The van der Waals surface area contributed by atoms with Crippen LogP contribution in [0.2, 0.25) is 0 Å². The van der Waals surface area contributed by atoms with Gasteiger partial charge in [-0.05, 0) is 37.0 Å². The van der Waals surface area contributed by atoms with Gasteiger partial charge in [-0.2, -0.15) is 0 Å². The molecule has 0 radical (unpaired) electrons. The van der Waals surface area contributed by atoms with Crippen LogP contribution in [-0.4, -0.2) is 19.6 Å². The maximum atomic E-state index is 12.1. The van der Waals surface area contributed by atoms with Crippen molar-refractivity contribution in [1.82, 2.24) is 5.32 Å². The first-order valence-corrected chi connectivity index (χ1v) is 6.43. The third-order valence-corrected chi connectivity index (χ3v) is 3.89. The second-order valence-electron chi connectivity index (χ2n) is 5.37. The number of amides is 1. The molecule has 1 unspecified atom stereocenters. The predicted octanol–water partition coefficient (Wildman–Crippen LogP) is 2.80. The average molecular weight is 247 g/mol. The summed E-state index contributed by atoms with van der Waals surface area (Å²) in [5, 5.41) is 2.99. The van der Waals surface area contributed by atoms with Gasteiger partial charge in [0.15, 0.2) is 0 Å². The zero-order chi connectivity index (χ0) is 13.4. The van der Waals surface area contributed by atoms with Crippen LogP contribution < -0.4 is 10.1 Å². The lowest BCUT2D eigenvalue weighted by atomic mass is 9.79. The van der Waals surface area contributed by atoms with Gasteiger partial charge in [-0.25, -0.2) is 0 Å². The summed E-state index contributed by atoms with van der Waals surface area (Å²) >= 11 is 0. The first kappa shape index (κ1) is 12.9. The van der Waals surface area contributed by atoms with E-state index in [4.69, 9.17) is 4.74 Å². The van der Waals surface area contributed by atoms with Crippen LogP contribution in [0, 0.1) is 19.8 Å². The fourth-order valence-electron chi connectivity index (χ4n) is 2.85. The highest BCUT2D eigenvalue weighted by Crippen LogP contribution is 2.37. The fourth-order valence-corrected chi connectivity index (χ4v) is 2.85. The van der Waals surface area contributed by atoms with E-state index in [-0.39, 0.29) is 5.91 Å². The minimum Gasteiger partial charge on any atom is -0.496 e. The second kappa shape index (κ2) is 4.63. The summed E-state index contributed by atoms with van der Waals surface area (Å²) in [6.45, 7) is 9.15. The van der Waals surface area contributed by atoms with Crippen molar-refractivity contribution in [3.63, 3.8) is 0 Å². The predicted molar refractivity (Wildman–Crippen MR) is 72.4 cm³/mol. The van der Waals surface area contributed by atoms with E-state index in [1.807, 2.05) is 13.0 Å². The number of hydrogen-bond acceptors (Lipinski definition) is 2. The summed E-state index contributed by atoms with van der Waals surface area (Å²) in [6.07, 6.45) is 0. The van der Waals surface area contributed by atoms with E-state index < -0.39 is 0 Å². The molecule has 3 nitrogen and oxygen atoms in total. The summed E-state index contributed by atoms with van der Waals surface area (Å²) in [7, 11) is 1.65. The van der Waals surface area contributed by atoms with E-state index in [1.165, 1.54) is 5.56 Å². The molecule has 0 saturated heterocycles. The molecule has 1 aromatic carbocycles. The summed E-state index contributed by atoms with van der Waals surface area (Å²) in [6, 6.07) is 2.04. The Hall–Kier alpha value is -1.51. The van der Waals surface area contributed by atoms with Crippen LogP contribution >= 0.6 is 0 Å². The first-order chi connectivity index (χ1) is 8.47. The Labute approximate surface area is 109 Å². The molecule has 3 heteroatoms. The van der Waals surface area contributed by atoms with E-state index in [0.29, 0.717) is 11.8 Å². The van der Waals surface area contributed by atoms with E-state index in [9.17, 15) is 4.79 Å². The number of nitrogens with one attached hydrogen (secondary N) is 1. The Kier molecular flexibility index (Phi) is 3.33. The van der Waals surface area contributed by atoms with Crippen LogP contribution in [0.25, 0.3) is 0 Å². The number of rotatable bonds is 2. The number of carbonyl (C=O) groups is 1. The summed E-state index contributed by atoms with van der Waals surface area (Å²) < 4.78 is 5.36. The Morgan fingerprint density at radius 3 is 2.61 bits per heavy atom. The van der Waals surface area contributed by atoms with Crippen molar-refractivity contribution in [3.05, 3.63) is 28.3 Å². The highest BCUT2D eigenvalue weighted by molar-refractivity contribution is 5.99. The molecular formula is C15H21NO2. The molecule has 0 bridgehead atoms. The molecular weight excluding hydrogens is 226 g/mol. The number of carbonyl (C=O) groups excluding carboxylic acids is 1. The van der Waals surface area contributed by atoms with E-state index in [0.717, 1.165) is 29.0 Å². The minimum atomic E-state index is 0.0291. The second-order valence-corrected chi connectivity index (χ2v) is 5.37. The van der Waals surface area contributed by atoms with E-state index in [1.54, 1.807) is 7.11 Å². The van der Waals surface area contributed by atoms with Gasteiger partial charge in [0.25, 0.3) is 5.91 Å². The first-order valence-electron chi connectivity index (χ1n) is 6.43. The van der Waals surface area contributed by atoms with Gasteiger partial charge in [0.2, 0.25) is 0 Å². The molecule has 18 heavy (non-hydrogen) atoms. The van der Waals surface area contributed by atoms with Gasteiger partial charge in [-0.15, -0.1) is 0 Å². The third-order valence-electron chi connectivity index (χ3n) is 3.89. The van der Waals surface area contributed by atoms with Crippen molar-refractivity contribution in [2.24, 2.45) is 5.92 Å². The highest BCUT2D eigenvalue weighted by Gasteiger charge is 2.31. The van der Waals surface area contributed by atoms with Crippen LogP contribution in [-0.2, 0) is 0 Å². The van der Waals surface area contributed by atoms with Gasteiger partial charge < -0.3 is 10.1 Å². The van der Waals surface area contributed by atoms with Crippen LogP contribution in [0.1, 0.15) is 46.8 Å². The smallest absolute Gasteiger partial charge is 0.252 e. The largest absolute Gasteiger partial charge is 0.496 e. The maximum absolute atomic E-state index is 12.1. The zero-order valence-electron chi connectivity index (χ0n) is 11.8. The van der Waals surface area contributed by atoms with Gasteiger partial charge in [0.05, 0.1) is 7.11 Å². The number of ether oxygens (including phenoxy) is 1. The molecule has 0 aromatic heterocycles. The summed E-state index contributed by atoms with van der Waals surface area (Å²) in [5.74, 6) is 1.73. The van der Waals surface area contributed by atoms with Crippen molar-refractivity contribution in [3.8, 4) is 5.75 Å². The third kappa shape index (κ3) is 1.88. The molecule has 1 amide bonds. The summed E-state index contributed by atoms with van der Waals surface area (Å²) in [4.78, 5) is 12.1. The molecule has 1 N–H and O–H groups in total. The van der Waals surface area contributed by atoms with Crippen LogP contribution in [0.4, 0.5) is 0 Å². The number of benzene rings is 1. The van der Waals surface area contributed by atoms with Gasteiger partial charge in [0.1, 0.15) is 5.75 Å². The molecule has 0 fully saturated rings. The molecule has 0 saturated carbocycles. The molecule has 1 heterocycles. The zero-order valence-corrected chi connectivity index (χ0v) is 11.8. The highest BCUT2D eigenvalue weighted by atomic mass is 16.5. The van der Waals surface area contributed by atoms with Crippen molar-refractivity contribution >= 4 is 5.91 Å². The van der Waals surface area contributed by atoms with Crippen LogP contribution in [0.3, 0.4) is 0 Å². The maximum Gasteiger partial charge on any atom is 0.252 e. The molecule has 0 spiro atoms. The van der Waals surface area contributed by atoms with Gasteiger partial charge in [-0.3, -0.25) is 4.79 Å². The normalized spacial score (nSPS) is 18.6. The van der Waals surface area contributed by atoms with Gasteiger partial charge >= 0.3 is 0 Å². The number of methoxy groups -OCH3 is 1. The molecule has 1 atom stereocenters. The molecule has 98 valence electrons. The molecule has 1 aliphatic rings. The Morgan fingerprint density at radius 1 is 1.39 bits per heavy atom. The quantitative estimate of drug-likeness (QED) is 0.872. The Balaban J connectivity index is 2.70. The standard InChI is InChI=1S/C15H21NO2/c1-8(2)11-7-16-15(17)14-10(4)12(18-5)6-9(3)13(11)14/h6,8,11H,7H2,1-5H3,(H,16,17). The van der Waals surface area contributed by atoms with Crippen LogP contribution in [0.15, 0.2) is 6.07 Å². The van der Waals surface area contributed by atoms with Gasteiger partial charge in [0, 0.05) is 23.6 Å². The monoisotopic (exact) mass is 247 g/mol. The van der Waals surface area contributed by atoms with Crippen LogP contribution in [0.5, 0.6) is 5.75 Å². The lowest BCUT2D eigenvalue weighted by molar-refractivity contribution is 0.0934. The summed E-state index contributed by atoms with van der Waals surface area (Å²) in [5.41, 5.74) is 4.12. The van der Waals surface area contributed by atoms with Crippen molar-refractivity contribution in [2.45, 2.75) is 33.6 Å². The number of hydrogen-bond donors (Lipinski definition) is 1. The number of aryl methyl sites for hydroxylation is 1. The van der Waals surface area contributed by atoms with Crippen molar-refractivity contribution < 1.29 is 9.53 Å². The van der Waals surface area contributed by atoms with Gasteiger partial charge in [-0.1, -0.05) is 13.8 Å². The number of fused-ring (bicyclic) bond motifs is 1. The molecule has 1 aromatic rings. The lowest BCUT2D eigenvalue weighted by Gasteiger charge is -2.31.